The van der Waals surface area contributed by atoms with Crippen molar-refractivity contribution in [2.24, 2.45) is 0 Å². The van der Waals surface area contributed by atoms with Crippen LogP contribution in [-0.2, 0) is 38.1 Å². The van der Waals surface area contributed by atoms with Gasteiger partial charge >= 0.3 is 23.9 Å². The molecule has 0 spiro atoms. The first-order valence-electron chi connectivity index (χ1n) is 11.3. The Morgan fingerprint density at radius 3 is 1.26 bits per heavy atom. The molecule has 1 aromatic carbocycles. The second-order valence-corrected chi connectivity index (χ2v) is 7.82. The maximum Gasteiger partial charge on any atom is 0.333 e. The summed E-state index contributed by atoms with van der Waals surface area (Å²) < 4.78 is 18.6. The zero-order valence-electron chi connectivity index (χ0n) is 21.8. The van der Waals surface area contributed by atoms with Gasteiger partial charge in [-0.3, -0.25) is 9.59 Å². The maximum atomic E-state index is 12.9. The summed E-state index contributed by atoms with van der Waals surface area (Å²) in [7, 11) is 4.71. The van der Waals surface area contributed by atoms with Crippen molar-refractivity contribution in [3.8, 4) is 0 Å². The van der Waals surface area contributed by atoms with Crippen LogP contribution >= 0.6 is 0 Å². The highest BCUT2D eigenvalue weighted by Crippen LogP contribution is 2.18. The molecule has 10 heteroatoms. The minimum atomic E-state index is -0.762. The van der Waals surface area contributed by atoms with E-state index in [4.69, 9.17) is 9.47 Å². The van der Waals surface area contributed by atoms with Crippen molar-refractivity contribution >= 4 is 35.4 Å². The van der Waals surface area contributed by atoms with Crippen molar-refractivity contribution in [1.29, 1.82) is 0 Å². The third-order valence-corrected chi connectivity index (χ3v) is 5.28. The van der Waals surface area contributed by atoms with Crippen molar-refractivity contribution in [3.05, 3.63) is 83.0 Å². The van der Waals surface area contributed by atoms with Gasteiger partial charge in [-0.25, -0.2) is 19.2 Å². The molecule has 0 aromatic heterocycles. The number of benzene rings is 1. The summed E-state index contributed by atoms with van der Waals surface area (Å²) in [5.41, 5.74) is 0.416. The van der Waals surface area contributed by atoms with Crippen LogP contribution in [0.5, 0.6) is 0 Å². The number of carbonyl (C=O) groups excluding carboxylic acids is 6. The van der Waals surface area contributed by atoms with Crippen LogP contribution in [0, 0.1) is 0 Å². The fourth-order valence-corrected chi connectivity index (χ4v) is 3.10. The second-order valence-electron chi connectivity index (χ2n) is 7.82. The van der Waals surface area contributed by atoms with E-state index in [0.717, 1.165) is 26.4 Å². The topological polar surface area (TPSA) is 139 Å². The van der Waals surface area contributed by atoms with Crippen LogP contribution in [0.15, 0.2) is 71.9 Å². The molecule has 0 aliphatic heterocycles. The largest absolute Gasteiger partial charge is 0.466 e. The summed E-state index contributed by atoms with van der Waals surface area (Å²) in [6.07, 6.45) is 2.23. The first kappa shape index (κ1) is 31.4. The number of carbonyl (C=O) groups is 6. The maximum absolute atomic E-state index is 12.9. The molecule has 0 radical (unpaired) electrons. The van der Waals surface area contributed by atoms with Gasteiger partial charge in [-0.15, -0.1) is 0 Å². The van der Waals surface area contributed by atoms with Crippen LogP contribution < -0.4 is 0 Å². The van der Waals surface area contributed by atoms with E-state index in [-0.39, 0.29) is 59.1 Å². The number of esters is 4. The second kappa shape index (κ2) is 15.5. The number of methoxy groups -OCH3 is 4. The van der Waals surface area contributed by atoms with Crippen LogP contribution in [0.3, 0.4) is 0 Å². The van der Waals surface area contributed by atoms with E-state index in [9.17, 15) is 28.8 Å². The lowest BCUT2D eigenvalue weighted by Gasteiger charge is -2.08. The molecule has 10 nitrogen and oxygen atoms in total. The van der Waals surface area contributed by atoms with Gasteiger partial charge in [0.2, 0.25) is 0 Å². The average molecular weight is 527 g/mol. The van der Waals surface area contributed by atoms with Gasteiger partial charge in [0.05, 0.1) is 28.4 Å². The fraction of sp³-hybridized carbons (Fsp3) is 0.286. The molecule has 0 amide bonds. The highest BCUT2D eigenvalue weighted by molar-refractivity contribution is 6.12. The Morgan fingerprint density at radius 1 is 0.605 bits per heavy atom. The van der Waals surface area contributed by atoms with E-state index in [0.29, 0.717) is 0 Å². The zero-order chi connectivity index (χ0) is 28.8. The summed E-state index contributed by atoms with van der Waals surface area (Å²) in [5, 5.41) is 0. The standard InChI is InChI=1S/C28H30O10/c1-17(25(31)35-3)10-12-21(27(33)37-5)15-23(29)19-8-7-9-20(14-19)24(30)16-22(28(34)38-6)13-11-18(2)26(32)36-4/h7-9,14-16H,1-2,10-13H2,3-6H3/b21-15+,22-16+. The summed E-state index contributed by atoms with van der Waals surface area (Å²) in [6.45, 7) is 7.17. The van der Waals surface area contributed by atoms with Crippen LogP contribution in [-0.4, -0.2) is 63.9 Å². The molecule has 0 bridgehead atoms. The summed E-state index contributed by atoms with van der Waals surface area (Å²) in [4.78, 5) is 73.2. The molecule has 0 fully saturated rings. The van der Waals surface area contributed by atoms with Gasteiger partial charge in [0.25, 0.3) is 0 Å². The number of hydrogen-bond acceptors (Lipinski definition) is 10. The normalized spacial score (nSPS) is 11.2. The smallest absolute Gasteiger partial charge is 0.333 e. The molecule has 0 unspecified atom stereocenters. The summed E-state index contributed by atoms with van der Waals surface area (Å²) >= 11 is 0. The predicted molar refractivity (Wildman–Crippen MR) is 136 cm³/mol. The summed E-state index contributed by atoms with van der Waals surface area (Å²) in [5.74, 6) is -3.98. The molecule has 0 aliphatic carbocycles. The van der Waals surface area contributed by atoms with E-state index >= 15 is 0 Å². The SMILES string of the molecule is C=C(CC/C(=C\C(=O)c1cccc(C(=O)/C=C(\CCC(=C)C(=O)OC)C(=O)OC)c1)C(=O)OC)C(=O)OC. The van der Waals surface area contributed by atoms with E-state index in [1.807, 2.05) is 0 Å². The minimum absolute atomic E-state index is 0.00186. The Bertz CT molecular complexity index is 1110. The molecule has 0 atom stereocenters. The highest BCUT2D eigenvalue weighted by Gasteiger charge is 2.18. The first-order chi connectivity index (χ1) is 18.0. The van der Waals surface area contributed by atoms with Crippen molar-refractivity contribution in [1.82, 2.24) is 0 Å². The number of ketones is 2. The van der Waals surface area contributed by atoms with Crippen molar-refractivity contribution in [3.63, 3.8) is 0 Å². The first-order valence-corrected chi connectivity index (χ1v) is 11.3. The van der Waals surface area contributed by atoms with Gasteiger partial charge in [0, 0.05) is 33.4 Å². The Hall–Kier alpha value is -4.60. The molecule has 0 saturated heterocycles. The third-order valence-electron chi connectivity index (χ3n) is 5.28. The molecular weight excluding hydrogens is 496 g/mol. The van der Waals surface area contributed by atoms with Crippen molar-refractivity contribution in [2.45, 2.75) is 25.7 Å². The number of rotatable bonds is 14. The number of hydrogen-bond donors (Lipinski definition) is 0. The molecule has 0 heterocycles. The van der Waals surface area contributed by atoms with Crippen LogP contribution in [0.1, 0.15) is 46.4 Å². The predicted octanol–water partition coefficient (Wildman–Crippen LogP) is 3.27. The molecule has 202 valence electrons. The lowest BCUT2D eigenvalue weighted by atomic mass is 9.98. The van der Waals surface area contributed by atoms with Crippen LogP contribution in [0.25, 0.3) is 0 Å². The molecule has 38 heavy (non-hydrogen) atoms. The third kappa shape index (κ3) is 9.45. The van der Waals surface area contributed by atoms with Gasteiger partial charge < -0.3 is 18.9 Å². The van der Waals surface area contributed by atoms with E-state index < -0.39 is 35.4 Å². The Labute approximate surface area is 220 Å². The number of allylic oxidation sites excluding steroid dienone is 2. The average Bonchev–Trinajstić information content (AvgIpc) is 2.94. The minimum Gasteiger partial charge on any atom is -0.466 e. The van der Waals surface area contributed by atoms with Gasteiger partial charge in [-0.05, 0) is 43.9 Å². The lowest BCUT2D eigenvalue weighted by Crippen LogP contribution is -2.11. The van der Waals surface area contributed by atoms with Gasteiger partial charge in [-0.2, -0.15) is 0 Å². The zero-order valence-corrected chi connectivity index (χ0v) is 21.8. The van der Waals surface area contributed by atoms with Crippen LogP contribution in [0.2, 0.25) is 0 Å². The van der Waals surface area contributed by atoms with Crippen molar-refractivity contribution < 1.29 is 47.7 Å². The Kier molecular flexibility index (Phi) is 12.8. The Balaban J connectivity index is 3.19. The van der Waals surface area contributed by atoms with Crippen LogP contribution in [0.4, 0.5) is 0 Å². The molecule has 0 saturated carbocycles. The molecular formula is C28H30O10. The quantitative estimate of drug-likeness (QED) is 0.154. The van der Waals surface area contributed by atoms with E-state index in [1.165, 1.54) is 38.5 Å². The monoisotopic (exact) mass is 526 g/mol. The van der Waals surface area contributed by atoms with E-state index in [1.54, 1.807) is 0 Å². The lowest BCUT2D eigenvalue weighted by molar-refractivity contribution is -0.137. The molecule has 0 aliphatic rings. The van der Waals surface area contributed by atoms with Crippen molar-refractivity contribution in [2.75, 3.05) is 28.4 Å². The molecule has 1 rings (SSSR count). The number of ether oxygens (including phenoxy) is 4. The fourth-order valence-electron chi connectivity index (χ4n) is 3.10. The summed E-state index contributed by atoms with van der Waals surface area (Å²) in [6, 6.07) is 5.67. The van der Waals surface area contributed by atoms with E-state index in [2.05, 4.69) is 22.6 Å². The Morgan fingerprint density at radius 2 is 0.947 bits per heavy atom. The highest BCUT2D eigenvalue weighted by atomic mass is 16.5. The van der Waals surface area contributed by atoms with Gasteiger partial charge in [0.1, 0.15) is 0 Å². The molecule has 1 aromatic rings. The molecule has 0 N–H and O–H groups in total. The van der Waals surface area contributed by atoms with Gasteiger partial charge in [-0.1, -0.05) is 31.4 Å². The van der Waals surface area contributed by atoms with Gasteiger partial charge in [0.15, 0.2) is 11.6 Å².